The fraction of sp³-hybridized carbons (Fsp3) is 0.500. The number of ether oxygens (including phenoxy) is 1. The summed E-state index contributed by atoms with van der Waals surface area (Å²) in [4.78, 5) is 0. The number of benzene rings is 1. The highest BCUT2D eigenvalue weighted by Gasteiger charge is 2.38. The Balaban J connectivity index is 2.49. The Bertz CT molecular complexity index is 447. The Morgan fingerprint density at radius 3 is 2.53 bits per heavy atom. The monoisotopic (exact) mass is 261 g/mol. The van der Waals surface area contributed by atoms with Gasteiger partial charge in [-0.05, 0) is 25.3 Å². The Labute approximate surface area is 104 Å². The van der Waals surface area contributed by atoms with Gasteiger partial charge in [0.15, 0.2) is 11.6 Å². The molecule has 1 aliphatic carbocycles. The predicted molar refractivity (Wildman–Crippen MR) is 61.8 cm³/mol. The quantitative estimate of drug-likeness (QED) is 0.849. The molecule has 17 heavy (non-hydrogen) atoms. The summed E-state index contributed by atoms with van der Waals surface area (Å²) in [5.41, 5.74) is 5.44. The third kappa shape index (κ3) is 2.05. The summed E-state index contributed by atoms with van der Waals surface area (Å²) >= 11 is 5.93. The number of hydrogen-bond acceptors (Lipinski definition) is 2. The molecule has 0 spiro atoms. The van der Waals surface area contributed by atoms with Gasteiger partial charge in [0.05, 0.1) is 6.61 Å². The van der Waals surface area contributed by atoms with Gasteiger partial charge < -0.3 is 10.5 Å². The Morgan fingerprint density at radius 1 is 1.41 bits per heavy atom. The summed E-state index contributed by atoms with van der Waals surface area (Å²) in [7, 11) is 1.40. The van der Waals surface area contributed by atoms with Gasteiger partial charge in [-0.15, -0.1) is 0 Å². The minimum absolute atomic E-state index is 0.0401. The molecule has 1 aliphatic rings. The zero-order valence-electron chi connectivity index (χ0n) is 9.53. The lowest BCUT2D eigenvalue weighted by Crippen LogP contribution is -2.44. The van der Waals surface area contributed by atoms with Gasteiger partial charge in [-0.2, -0.15) is 0 Å². The van der Waals surface area contributed by atoms with Gasteiger partial charge in [0.2, 0.25) is 0 Å². The molecule has 2 rings (SSSR count). The molecule has 0 heterocycles. The summed E-state index contributed by atoms with van der Waals surface area (Å²) in [6.07, 6.45) is 2.24. The first kappa shape index (κ1) is 12.7. The van der Waals surface area contributed by atoms with E-state index in [2.05, 4.69) is 0 Å². The zero-order chi connectivity index (χ0) is 12.6. The SMILES string of the molecule is COCc1c(Cl)cc(C2(N)CCC2)c(F)c1F. The molecule has 2 nitrogen and oxygen atoms in total. The zero-order valence-corrected chi connectivity index (χ0v) is 10.3. The first-order valence-corrected chi connectivity index (χ1v) is 5.82. The Morgan fingerprint density at radius 2 is 2.06 bits per heavy atom. The number of methoxy groups -OCH3 is 1. The van der Waals surface area contributed by atoms with Gasteiger partial charge in [0, 0.05) is 28.8 Å². The Hall–Kier alpha value is -0.710. The largest absolute Gasteiger partial charge is 0.380 e. The van der Waals surface area contributed by atoms with Crippen LogP contribution < -0.4 is 5.73 Å². The molecule has 5 heteroatoms. The maximum Gasteiger partial charge on any atom is 0.166 e. The first-order valence-electron chi connectivity index (χ1n) is 5.44. The van der Waals surface area contributed by atoms with Crippen LogP contribution in [0.5, 0.6) is 0 Å². The fourth-order valence-electron chi connectivity index (χ4n) is 2.10. The van der Waals surface area contributed by atoms with E-state index >= 15 is 0 Å². The smallest absolute Gasteiger partial charge is 0.166 e. The molecule has 0 unspecified atom stereocenters. The van der Waals surface area contributed by atoms with Gasteiger partial charge in [-0.25, -0.2) is 8.78 Å². The van der Waals surface area contributed by atoms with Gasteiger partial charge >= 0.3 is 0 Å². The summed E-state index contributed by atoms with van der Waals surface area (Å²) in [5, 5.41) is 0.164. The summed E-state index contributed by atoms with van der Waals surface area (Å²) in [6, 6.07) is 1.42. The molecule has 1 saturated carbocycles. The van der Waals surface area contributed by atoms with E-state index in [4.69, 9.17) is 22.1 Å². The van der Waals surface area contributed by atoms with Crippen LogP contribution >= 0.6 is 11.6 Å². The topological polar surface area (TPSA) is 35.2 Å². The lowest BCUT2D eigenvalue weighted by molar-refractivity contribution is 0.179. The third-order valence-electron chi connectivity index (χ3n) is 3.32. The molecular weight excluding hydrogens is 248 g/mol. The highest BCUT2D eigenvalue weighted by Crippen LogP contribution is 2.42. The van der Waals surface area contributed by atoms with E-state index in [-0.39, 0.29) is 22.8 Å². The van der Waals surface area contributed by atoms with Crippen molar-refractivity contribution in [2.75, 3.05) is 7.11 Å². The summed E-state index contributed by atoms with van der Waals surface area (Å²) in [5.74, 6) is -1.85. The normalized spacial score (nSPS) is 17.9. The second-order valence-electron chi connectivity index (χ2n) is 4.46. The molecule has 0 aliphatic heterocycles. The van der Waals surface area contributed by atoms with Crippen molar-refractivity contribution in [2.24, 2.45) is 5.73 Å². The van der Waals surface area contributed by atoms with Crippen molar-refractivity contribution in [3.05, 3.63) is 33.9 Å². The van der Waals surface area contributed by atoms with Crippen LogP contribution in [-0.4, -0.2) is 7.11 Å². The van der Waals surface area contributed by atoms with Crippen LogP contribution in [0.3, 0.4) is 0 Å². The highest BCUT2D eigenvalue weighted by molar-refractivity contribution is 6.31. The van der Waals surface area contributed by atoms with Crippen LogP contribution in [0.4, 0.5) is 8.78 Å². The van der Waals surface area contributed by atoms with Crippen molar-refractivity contribution < 1.29 is 13.5 Å². The van der Waals surface area contributed by atoms with Gasteiger partial charge in [0.25, 0.3) is 0 Å². The van der Waals surface area contributed by atoms with Crippen LogP contribution in [0.1, 0.15) is 30.4 Å². The number of halogens is 3. The summed E-state index contributed by atoms with van der Waals surface area (Å²) < 4.78 is 32.5. The average molecular weight is 262 g/mol. The number of rotatable bonds is 3. The van der Waals surface area contributed by atoms with Crippen LogP contribution in [0.25, 0.3) is 0 Å². The second kappa shape index (κ2) is 4.52. The van der Waals surface area contributed by atoms with Gasteiger partial charge in [-0.1, -0.05) is 11.6 Å². The van der Waals surface area contributed by atoms with Crippen molar-refractivity contribution in [1.82, 2.24) is 0 Å². The molecule has 0 amide bonds. The van der Waals surface area contributed by atoms with Crippen LogP contribution in [-0.2, 0) is 16.9 Å². The molecule has 94 valence electrons. The molecule has 0 atom stereocenters. The van der Waals surface area contributed by atoms with E-state index in [1.165, 1.54) is 13.2 Å². The van der Waals surface area contributed by atoms with Crippen LogP contribution in [0, 0.1) is 11.6 Å². The van der Waals surface area contributed by atoms with E-state index in [1.54, 1.807) is 0 Å². The van der Waals surface area contributed by atoms with Crippen molar-refractivity contribution in [1.29, 1.82) is 0 Å². The van der Waals surface area contributed by atoms with Gasteiger partial charge in [0.1, 0.15) is 0 Å². The fourth-order valence-corrected chi connectivity index (χ4v) is 2.35. The maximum atomic E-state index is 13.9. The van der Waals surface area contributed by atoms with Crippen LogP contribution in [0.2, 0.25) is 5.02 Å². The molecule has 2 N–H and O–H groups in total. The van der Waals surface area contributed by atoms with Crippen molar-refractivity contribution in [3.63, 3.8) is 0 Å². The molecule has 1 aromatic rings. The summed E-state index contributed by atoms with van der Waals surface area (Å²) in [6.45, 7) is -0.0561. The van der Waals surface area contributed by atoms with E-state index in [9.17, 15) is 8.78 Å². The molecule has 1 aromatic carbocycles. The third-order valence-corrected chi connectivity index (χ3v) is 3.66. The molecule has 0 saturated heterocycles. The first-order chi connectivity index (χ1) is 7.99. The molecule has 1 fully saturated rings. The van der Waals surface area contributed by atoms with Crippen LogP contribution in [0.15, 0.2) is 6.07 Å². The number of nitrogens with two attached hydrogens (primary N) is 1. The Kier molecular flexibility index (Phi) is 3.39. The van der Waals surface area contributed by atoms with Crippen molar-refractivity contribution in [3.8, 4) is 0 Å². The van der Waals surface area contributed by atoms with E-state index in [0.29, 0.717) is 12.8 Å². The van der Waals surface area contributed by atoms with E-state index < -0.39 is 17.2 Å². The molecule has 0 bridgehead atoms. The second-order valence-corrected chi connectivity index (χ2v) is 4.86. The molecule has 0 radical (unpaired) electrons. The van der Waals surface area contributed by atoms with Gasteiger partial charge in [-0.3, -0.25) is 0 Å². The maximum absolute atomic E-state index is 13.9. The lowest BCUT2D eigenvalue weighted by atomic mass is 9.72. The average Bonchev–Trinajstić information content (AvgIpc) is 2.26. The molecular formula is C12H14ClF2NO. The minimum Gasteiger partial charge on any atom is -0.380 e. The number of hydrogen-bond donors (Lipinski definition) is 1. The van der Waals surface area contributed by atoms with E-state index in [0.717, 1.165) is 6.42 Å². The highest BCUT2D eigenvalue weighted by atomic mass is 35.5. The lowest BCUT2D eigenvalue weighted by Gasteiger charge is -2.39. The predicted octanol–water partition coefficient (Wildman–Crippen LogP) is 3.10. The van der Waals surface area contributed by atoms with Crippen molar-refractivity contribution >= 4 is 11.6 Å². The minimum atomic E-state index is -0.953. The van der Waals surface area contributed by atoms with E-state index in [1.807, 2.05) is 0 Å². The van der Waals surface area contributed by atoms with Crippen molar-refractivity contribution in [2.45, 2.75) is 31.4 Å². The molecule has 0 aromatic heterocycles. The standard InChI is InChI=1S/C12H14ClF2NO/c1-17-6-7-9(13)5-8(11(15)10(7)14)12(16)3-2-4-12/h5H,2-4,6,16H2,1H3.